The van der Waals surface area contributed by atoms with Crippen LogP contribution < -0.4 is 15.4 Å². The standard InChI is InChI=1S/C27H27FN6O2/c1-4-18-23(17-11-32-34(3)13-17)24(18)26(35)33-22-9-15-7-19(21(28)8-16(15)10-30-22)20-12-31-27-25(14(20)2)29-5-6-36-27/h7-13,18,23-24,29H,4-6H2,1-3H3,(H,30,33,35). The number of carbonyl (C=O) groups excluding carboxylic acids is 1. The van der Waals surface area contributed by atoms with Crippen LogP contribution in [0.25, 0.3) is 21.9 Å². The lowest BCUT2D eigenvalue weighted by molar-refractivity contribution is -0.117. The SMILES string of the molecule is CCC1C(C(=O)Nc2cc3cc(-c4cnc5c(c4C)NCCO5)c(F)cc3cn2)C1c1cnn(C)c1. The summed E-state index contributed by atoms with van der Waals surface area (Å²) in [5.41, 5.74) is 3.89. The van der Waals surface area contributed by atoms with Gasteiger partial charge in [-0.3, -0.25) is 9.48 Å². The normalized spacial score (nSPS) is 20.4. The zero-order chi connectivity index (χ0) is 25.0. The van der Waals surface area contributed by atoms with Crippen molar-refractivity contribution in [3.05, 3.63) is 59.9 Å². The molecule has 3 unspecified atom stereocenters. The van der Waals surface area contributed by atoms with Gasteiger partial charge in [0, 0.05) is 60.5 Å². The number of rotatable bonds is 5. The summed E-state index contributed by atoms with van der Waals surface area (Å²) in [4.78, 5) is 21.9. The van der Waals surface area contributed by atoms with Crippen LogP contribution in [-0.4, -0.2) is 38.8 Å². The zero-order valence-electron chi connectivity index (χ0n) is 20.4. The molecule has 1 aliphatic heterocycles. The molecular formula is C27H27FN6O2. The van der Waals surface area contributed by atoms with Crippen molar-refractivity contribution in [1.29, 1.82) is 0 Å². The first-order valence-corrected chi connectivity index (χ1v) is 12.2. The molecule has 1 aromatic carbocycles. The van der Waals surface area contributed by atoms with Crippen LogP contribution in [0.3, 0.4) is 0 Å². The number of aromatic nitrogens is 4. The summed E-state index contributed by atoms with van der Waals surface area (Å²) in [7, 11) is 1.88. The maximum atomic E-state index is 15.1. The molecule has 3 aromatic heterocycles. The number of benzene rings is 1. The molecule has 0 spiro atoms. The second-order valence-corrected chi connectivity index (χ2v) is 9.56. The zero-order valence-corrected chi connectivity index (χ0v) is 20.4. The van der Waals surface area contributed by atoms with Gasteiger partial charge in [-0.05, 0) is 47.6 Å². The maximum absolute atomic E-state index is 15.1. The number of hydrogen-bond donors (Lipinski definition) is 2. The van der Waals surface area contributed by atoms with Crippen molar-refractivity contribution in [3.63, 3.8) is 0 Å². The van der Waals surface area contributed by atoms with Crippen LogP contribution in [0.5, 0.6) is 5.88 Å². The number of amides is 1. The van der Waals surface area contributed by atoms with E-state index in [4.69, 9.17) is 4.74 Å². The fourth-order valence-corrected chi connectivity index (χ4v) is 5.45. The predicted octanol–water partition coefficient (Wildman–Crippen LogP) is 4.66. The Kier molecular flexibility index (Phi) is 5.35. The molecule has 1 saturated carbocycles. The quantitative estimate of drug-likeness (QED) is 0.426. The van der Waals surface area contributed by atoms with E-state index < -0.39 is 0 Å². The van der Waals surface area contributed by atoms with Crippen LogP contribution in [0.1, 0.15) is 30.4 Å². The van der Waals surface area contributed by atoms with E-state index in [1.165, 1.54) is 6.07 Å². The topological polar surface area (TPSA) is 94.0 Å². The third-order valence-corrected chi connectivity index (χ3v) is 7.35. The van der Waals surface area contributed by atoms with Crippen LogP contribution in [0.15, 0.2) is 43.0 Å². The smallest absolute Gasteiger partial charge is 0.237 e. The number of fused-ring (bicyclic) bond motifs is 2. The summed E-state index contributed by atoms with van der Waals surface area (Å²) < 4.78 is 22.5. The van der Waals surface area contributed by atoms with Crippen molar-refractivity contribution in [1.82, 2.24) is 19.7 Å². The second kappa shape index (κ2) is 8.58. The number of anilines is 2. The van der Waals surface area contributed by atoms with Gasteiger partial charge in [-0.15, -0.1) is 0 Å². The molecule has 0 bridgehead atoms. The number of carbonyl (C=O) groups is 1. The van der Waals surface area contributed by atoms with Gasteiger partial charge in [-0.25, -0.2) is 14.4 Å². The molecule has 4 heterocycles. The molecule has 184 valence electrons. The van der Waals surface area contributed by atoms with Gasteiger partial charge in [0.15, 0.2) is 0 Å². The minimum Gasteiger partial charge on any atom is -0.474 e. The van der Waals surface area contributed by atoms with Gasteiger partial charge in [-0.1, -0.05) is 13.3 Å². The summed E-state index contributed by atoms with van der Waals surface area (Å²) in [6.45, 7) is 5.26. The van der Waals surface area contributed by atoms with E-state index >= 15 is 4.39 Å². The molecule has 0 saturated heterocycles. The highest BCUT2D eigenvalue weighted by atomic mass is 19.1. The van der Waals surface area contributed by atoms with E-state index in [1.54, 1.807) is 29.2 Å². The molecule has 1 aliphatic carbocycles. The highest BCUT2D eigenvalue weighted by Crippen LogP contribution is 2.56. The summed E-state index contributed by atoms with van der Waals surface area (Å²) in [6.07, 6.45) is 7.97. The maximum Gasteiger partial charge on any atom is 0.237 e. The highest BCUT2D eigenvalue weighted by molar-refractivity contribution is 5.97. The van der Waals surface area contributed by atoms with Gasteiger partial charge in [0.05, 0.1) is 6.20 Å². The van der Waals surface area contributed by atoms with Crippen LogP contribution in [-0.2, 0) is 11.8 Å². The monoisotopic (exact) mass is 486 g/mol. The molecule has 2 N–H and O–H groups in total. The van der Waals surface area contributed by atoms with Gasteiger partial charge in [-0.2, -0.15) is 5.10 Å². The number of pyridine rings is 2. The van der Waals surface area contributed by atoms with Gasteiger partial charge in [0.2, 0.25) is 11.8 Å². The summed E-state index contributed by atoms with van der Waals surface area (Å²) in [5.74, 6) is 0.922. The lowest BCUT2D eigenvalue weighted by Crippen LogP contribution is -2.20. The lowest BCUT2D eigenvalue weighted by Gasteiger charge is -2.21. The molecule has 0 radical (unpaired) electrons. The van der Waals surface area contributed by atoms with Crippen molar-refractivity contribution in [2.75, 3.05) is 23.8 Å². The van der Waals surface area contributed by atoms with E-state index in [2.05, 4.69) is 32.6 Å². The Hall–Kier alpha value is -4.01. The molecule has 8 nitrogen and oxygen atoms in total. The molecule has 9 heteroatoms. The summed E-state index contributed by atoms with van der Waals surface area (Å²) in [6, 6.07) is 5.05. The predicted molar refractivity (Wildman–Crippen MR) is 136 cm³/mol. The van der Waals surface area contributed by atoms with Crippen LogP contribution in [0, 0.1) is 24.6 Å². The van der Waals surface area contributed by atoms with Crippen molar-refractivity contribution < 1.29 is 13.9 Å². The Morgan fingerprint density at radius 1 is 1.19 bits per heavy atom. The van der Waals surface area contributed by atoms with Crippen LogP contribution in [0.4, 0.5) is 15.9 Å². The fourth-order valence-electron chi connectivity index (χ4n) is 5.45. The molecular weight excluding hydrogens is 459 g/mol. The largest absolute Gasteiger partial charge is 0.474 e. The average Bonchev–Trinajstić information content (AvgIpc) is 3.47. The second-order valence-electron chi connectivity index (χ2n) is 9.56. The highest BCUT2D eigenvalue weighted by Gasteiger charge is 2.54. The minimum atomic E-state index is -0.356. The van der Waals surface area contributed by atoms with Crippen LogP contribution >= 0.6 is 0 Å². The van der Waals surface area contributed by atoms with Gasteiger partial charge in [0.25, 0.3) is 0 Å². The van der Waals surface area contributed by atoms with Crippen molar-refractivity contribution in [2.24, 2.45) is 18.9 Å². The Labute approximate surface area is 207 Å². The summed E-state index contributed by atoms with van der Waals surface area (Å²) in [5, 5.41) is 12.0. The van der Waals surface area contributed by atoms with E-state index in [9.17, 15) is 4.79 Å². The molecule has 4 aromatic rings. The van der Waals surface area contributed by atoms with Crippen molar-refractivity contribution in [2.45, 2.75) is 26.2 Å². The Bertz CT molecular complexity index is 1500. The van der Waals surface area contributed by atoms with Gasteiger partial charge >= 0.3 is 0 Å². The Morgan fingerprint density at radius 3 is 2.83 bits per heavy atom. The summed E-state index contributed by atoms with van der Waals surface area (Å²) >= 11 is 0. The number of ether oxygens (including phenoxy) is 1. The molecule has 1 fully saturated rings. The third kappa shape index (κ3) is 3.75. The number of nitrogens with one attached hydrogen (secondary N) is 2. The third-order valence-electron chi connectivity index (χ3n) is 7.35. The van der Waals surface area contributed by atoms with Crippen molar-refractivity contribution in [3.8, 4) is 17.0 Å². The Balaban J connectivity index is 1.29. The van der Waals surface area contributed by atoms with Gasteiger partial charge < -0.3 is 15.4 Å². The molecule has 36 heavy (non-hydrogen) atoms. The van der Waals surface area contributed by atoms with Gasteiger partial charge in [0.1, 0.15) is 23.9 Å². The van der Waals surface area contributed by atoms with E-state index in [1.807, 2.05) is 26.4 Å². The van der Waals surface area contributed by atoms with E-state index in [-0.39, 0.29) is 29.5 Å². The number of nitrogens with zero attached hydrogens (tertiary/aromatic N) is 4. The fraction of sp³-hybridized carbons (Fsp3) is 0.333. The first-order valence-electron chi connectivity index (χ1n) is 12.2. The first-order chi connectivity index (χ1) is 17.4. The molecule has 3 atom stereocenters. The average molecular weight is 487 g/mol. The first kappa shape index (κ1) is 22.5. The number of halogens is 1. The minimum absolute atomic E-state index is 0.0503. The van der Waals surface area contributed by atoms with Crippen LogP contribution in [0.2, 0.25) is 0 Å². The molecule has 2 aliphatic rings. The van der Waals surface area contributed by atoms with Crippen molar-refractivity contribution >= 4 is 28.2 Å². The Morgan fingerprint density at radius 2 is 2.06 bits per heavy atom. The number of aryl methyl sites for hydroxylation is 1. The van der Waals surface area contributed by atoms with E-state index in [0.29, 0.717) is 41.4 Å². The molecule has 1 amide bonds. The molecule has 6 rings (SSSR count). The number of hydrogen-bond acceptors (Lipinski definition) is 6. The lowest BCUT2D eigenvalue weighted by atomic mass is 9.98. The van der Waals surface area contributed by atoms with E-state index in [0.717, 1.165) is 28.6 Å².